The van der Waals surface area contributed by atoms with Crippen molar-refractivity contribution in [1.29, 1.82) is 0 Å². The van der Waals surface area contributed by atoms with Gasteiger partial charge in [0.25, 0.3) is 0 Å². The average Bonchev–Trinajstić information content (AvgIpc) is 3.10. The molecule has 0 saturated carbocycles. The molecule has 0 saturated heterocycles. The van der Waals surface area contributed by atoms with Gasteiger partial charge in [-0.2, -0.15) is 10.1 Å². The molecule has 0 atom stereocenters. The first kappa shape index (κ1) is 12.0. The van der Waals surface area contributed by atoms with Gasteiger partial charge in [0, 0.05) is 18.0 Å². The summed E-state index contributed by atoms with van der Waals surface area (Å²) in [4.78, 5) is 18.1. The third kappa shape index (κ3) is 2.36. The zero-order valence-electron chi connectivity index (χ0n) is 10.1. The number of rotatable bonds is 4. The van der Waals surface area contributed by atoms with Crippen LogP contribution in [0.2, 0.25) is 0 Å². The van der Waals surface area contributed by atoms with Crippen molar-refractivity contribution in [2.75, 3.05) is 0 Å². The van der Waals surface area contributed by atoms with E-state index in [1.54, 1.807) is 24.5 Å². The zero-order valence-corrected chi connectivity index (χ0v) is 10.1. The summed E-state index contributed by atoms with van der Waals surface area (Å²) in [7, 11) is 0. The molecular formula is C11H8N6O3. The second-order valence-electron chi connectivity index (χ2n) is 3.90. The van der Waals surface area contributed by atoms with E-state index in [2.05, 4.69) is 20.2 Å². The minimum absolute atomic E-state index is 0.0844. The first-order valence-electron chi connectivity index (χ1n) is 5.62. The average molecular weight is 272 g/mol. The zero-order chi connectivity index (χ0) is 13.9. The quantitative estimate of drug-likeness (QED) is 0.519. The van der Waals surface area contributed by atoms with E-state index >= 15 is 0 Å². The van der Waals surface area contributed by atoms with Gasteiger partial charge in [-0.3, -0.25) is 19.8 Å². The van der Waals surface area contributed by atoms with Crippen LogP contribution in [0.15, 0.2) is 41.4 Å². The van der Waals surface area contributed by atoms with E-state index in [9.17, 15) is 10.1 Å². The molecule has 9 heteroatoms. The van der Waals surface area contributed by atoms with Gasteiger partial charge in [0.2, 0.25) is 11.7 Å². The molecule has 3 rings (SSSR count). The second-order valence-corrected chi connectivity index (χ2v) is 3.90. The van der Waals surface area contributed by atoms with Crippen molar-refractivity contribution in [3.05, 3.63) is 52.9 Å². The van der Waals surface area contributed by atoms with Gasteiger partial charge in [-0.05, 0) is 12.1 Å². The van der Waals surface area contributed by atoms with Crippen molar-refractivity contribution in [3.63, 3.8) is 0 Å². The van der Waals surface area contributed by atoms with Gasteiger partial charge < -0.3 is 4.52 Å². The van der Waals surface area contributed by atoms with Crippen LogP contribution in [0.3, 0.4) is 0 Å². The summed E-state index contributed by atoms with van der Waals surface area (Å²) in [5.74, 6) is 0.749. The molecule has 0 spiro atoms. The number of pyridine rings is 1. The normalized spacial score (nSPS) is 10.6. The van der Waals surface area contributed by atoms with E-state index in [4.69, 9.17) is 4.52 Å². The summed E-state index contributed by atoms with van der Waals surface area (Å²) in [6.07, 6.45) is 5.72. The first-order valence-corrected chi connectivity index (χ1v) is 5.62. The van der Waals surface area contributed by atoms with Crippen molar-refractivity contribution in [1.82, 2.24) is 24.9 Å². The Kier molecular flexibility index (Phi) is 2.92. The van der Waals surface area contributed by atoms with Gasteiger partial charge in [0.1, 0.15) is 18.9 Å². The SMILES string of the molecule is O=[N+]([O-])c1cnn(Cc2nc(-c3ccncc3)no2)c1. The summed E-state index contributed by atoms with van der Waals surface area (Å²) in [5.41, 5.74) is 0.695. The monoisotopic (exact) mass is 272 g/mol. The van der Waals surface area contributed by atoms with Gasteiger partial charge in [0.15, 0.2) is 0 Å². The van der Waals surface area contributed by atoms with Crippen molar-refractivity contribution < 1.29 is 9.45 Å². The van der Waals surface area contributed by atoms with Crippen LogP contribution in [0.4, 0.5) is 5.69 Å². The summed E-state index contributed by atoms with van der Waals surface area (Å²) in [6, 6.07) is 3.51. The van der Waals surface area contributed by atoms with E-state index in [0.29, 0.717) is 11.7 Å². The largest absolute Gasteiger partial charge is 0.337 e. The van der Waals surface area contributed by atoms with E-state index in [-0.39, 0.29) is 12.2 Å². The lowest BCUT2D eigenvalue weighted by atomic mass is 10.2. The highest BCUT2D eigenvalue weighted by Gasteiger charge is 2.12. The fourth-order valence-electron chi connectivity index (χ4n) is 1.61. The smallest absolute Gasteiger partial charge is 0.307 e. The van der Waals surface area contributed by atoms with Gasteiger partial charge in [0.05, 0.1) is 4.92 Å². The van der Waals surface area contributed by atoms with Gasteiger partial charge in [-0.15, -0.1) is 0 Å². The molecule has 0 unspecified atom stereocenters. The maximum Gasteiger partial charge on any atom is 0.307 e. The second kappa shape index (κ2) is 4.88. The number of nitrogens with zero attached hydrogens (tertiary/aromatic N) is 6. The number of nitro groups is 1. The maximum atomic E-state index is 10.6. The predicted molar refractivity (Wildman–Crippen MR) is 65.5 cm³/mol. The molecule has 0 aliphatic carbocycles. The van der Waals surface area contributed by atoms with Gasteiger partial charge >= 0.3 is 5.69 Å². The molecule has 3 heterocycles. The highest BCUT2D eigenvalue weighted by atomic mass is 16.6. The molecule has 0 N–H and O–H groups in total. The van der Waals surface area contributed by atoms with Crippen molar-refractivity contribution in [2.24, 2.45) is 0 Å². The Morgan fingerprint density at radius 2 is 2.15 bits per heavy atom. The highest BCUT2D eigenvalue weighted by molar-refractivity contribution is 5.52. The molecule has 9 nitrogen and oxygen atoms in total. The van der Waals surface area contributed by atoms with Crippen molar-refractivity contribution in [2.45, 2.75) is 6.54 Å². The van der Waals surface area contributed by atoms with Crippen LogP contribution in [0.25, 0.3) is 11.4 Å². The summed E-state index contributed by atoms with van der Waals surface area (Å²) >= 11 is 0. The van der Waals surface area contributed by atoms with Crippen LogP contribution in [-0.2, 0) is 6.54 Å². The van der Waals surface area contributed by atoms with E-state index in [1.165, 1.54) is 17.1 Å². The Morgan fingerprint density at radius 3 is 2.85 bits per heavy atom. The molecule has 20 heavy (non-hydrogen) atoms. The number of hydrogen-bond acceptors (Lipinski definition) is 7. The lowest BCUT2D eigenvalue weighted by Gasteiger charge is -1.93. The number of aromatic nitrogens is 5. The first-order chi connectivity index (χ1) is 9.72. The van der Waals surface area contributed by atoms with Crippen LogP contribution in [0, 0.1) is 10.1 Å². The minimum Gasteiger partial charge on any atom is -0.337 e. The number of hydrogen-bond donors (Lipinski definition) is 0. The molecule has 0 aromatic carbocycles. The molecule has 0 radical (unpaired) electrons. The molecule has 100 valence electrons. The van der Waals surface area contributed by atoms with Gasteiger partial charge in [-0.25, -0.2) is 0 Å². The summed E-state index contributed by atoms with van der Waals surface area (Å²) < 4.78 is 6.44. The molecule has 3 aromatic rings. The molecule has 0 amide bonds. The van der Waals surface area contributed by atoms with E-state index < -0.39 is 4.92 Å². The molecule has 0 aliphatic rings. The Bertz CT molecular complexity index is 735. The molecule has 0 aliphatic heterocycles. The topological polar surface area (TPSA) is 113 Å². The molecular weight excluding hydrogens is 264 g/mol. The van der Waals surface area contributed by atoms with Crippen LogP contribution in [-0.4, -0.2) is 29.8 Å². The molecule has 0 bridgehead atoms. The molecule has 0 fully saturated rings. The van der Waals surface area contributed by atoms with Crippen molar-refractivity contribution >= 4 is 5.69 Å². The van der Waals surface area contributed by atoms with Gasteiger partial charge in [-0.1, -0.05) is 5.16 Å². The lowest BCUT2D eigenvalue weighted by Crippen LogP contribution is -2.00. The van der Waals surface area contributed by atoms with Crippen LogP contribution >= 0.6 is 0 Å². The van der Waals surface area contributed by atoms with E-state index in [1.807, 2.05) is 0 Å². The van der Waals surface area contributed by atoms with Crippen LogP contribution in [0.1, 0.15) is 5.89 Å². The van der Waals surface area contributed by atoms with Crippen LogP contribution in [0.5, 0.6) is 0 Å². The molecule has 3 aromatic heterocycles. The third-order valence-corrected chi connectivity index (χ3v) is 2.53. The van der Waals surface area contributed by atoms with Crippen molar-refractivity contribution in [3.8, 4) is 11.4 Å². The highest BCUT2D eigenvalue weighted by Crippen LogP contribution is 2.15. The van der Waals surface area contributed by atoms with E-state index in [0.717, 1.165) is 5.56 Å². The minimum atomic E-state index is -0.514. The Labute approximate surface area is 112 Å². The predicted octanol–water partition coefficient (Wildman–Crippen LogP) is 1.28. The summed E-state index contributed by atoms with van der Waals surface area (Å²) in [5, 5.41) is 18.2. The lowest BCUT2D eigenvalue weighted by molar-refractivity contribution is -0.385. The maximum absolute atomic E-state index is 10.6. The standard InChI is InChI=1S/C11H8N6O3/c18-17(19)9-5-13-16(6-9)7-10-14-11(15-20-10)8-1-3-12-4-2-8/h1-6H,7H2. The summed E-state index contributed by atoms with van der Waals surface area (Å²) in [6.45, 7) is 0.173. The van der Waals surface area contributed by atoms with Crippen LogP contribution < -0.4 is 0 Å². The fourth-order valence-corrected chi connectivity index (χ4v) is 1.61. The Morgan fingerprint density at radius 1 is 1.35 bits per heavy atom. The fraction of sp³-hybridized carbons (Fsp3) is 0.0909. The Balaban J connectivity index is 1.78. The third-order valence-electron chi connectivity index (χ3n) is 2.53. The Hall–Kier alpha value is -3.10.